The van der Waals surface area contributed by atoms with E-state index in [0.717, 1.165) is 23.5 Å². The van der Waals surface area contributed by atoms with E-state index >= 15 is 0 Å². The maximum Gasteiger partial charge on any atom is 0.181 e. The van der Waals surface area contributed by atoms with E-state index in [-0.39, 0.29) is 13.2 Å². The van der Waals surface area contributed by atoms with Gasteiger partial charge in [0.05, 0.1) is 18.8 Å². The van der Waals surface area contributed by atoms with E-state index < -0.39 is 11.6 Å². The second-order valence-electron chi connectivity index (χ2n) is 5.83. The van der Waals surface area contributed by atoms with Crippen molar-refractivity contribution in [3.63, 3.8) is 0 Å². The largest absolute Gasteiger partial charge is 0.394 e. The molecule has 3 rings (SSSR count). The first-order valence-electron chi connectivity index (χ1n) is 7.99. The highest BCUT2D eigenvalue weighted by Gasteiger charge is 2.14. The molecule has 0 radical (unpaired) electrons. The van der Waals surface area contributed by atoms with Crippen molar-refractivity contribution < 1.29 is 13.9 Å². The topological polar surface area (TPSA) is 68.8 Å². The van der Waals surface area contributed by atoms with Gasteiger partial charge in [0.15, 0.2) is 17.5 Å². The Labute approximate surface area is 143 Å². The molecule has 8 heteroatoms. The lowest BCUT2D eigenvalue weighted by Gasteiger charge is -2.05. The number of aryl methyl sites for hydroxylation is 4. The van der Waals surface area contributed by atoms with Gasteiger partial charge in [0, 0.05) is 24.2 Å². The van der Waals surface area contributed by atoms with Crippen molar-refractivity contribution in [2.45, 2.75) is 33.4 Å². The summed E-state index contributed by atoms with van der Waals surface area (Å²) < 4.78 is 30.0. The molecule has 1 aromatic carbocycles. The molecule has 0 atom stereocenters. The summed E-state index contributed by atoms with van der Waals surface area (Å²) in [6.45, 7) is 4.71. The zero-order chi connectivity index (χ0) is 18.0. The third-order valence-electron chi connectivity index (χ3n) is 3.89. The van der Waals surface area contributed by atoms with Gasteiger partial charge in [-0.2, -0.15) is 10.2 Å². The minimum atomic E-state index is -0.944. The zero-order valence-electron chi connectivity index (χ0n) is 14.1. The van der Waals surface area contributed by atoms with Crippen LogP contribution in [0.3, 0.4) is 0 Å². The van der Waals surface area contributed by atoms with Gasteiger partial charge in [-0.05, 0) is 38.1 Å². The molecule has 0 aliphatic rings. The van der Waals surface area contributed by atoms with Gasteiger partial charge >= 0.3 is 0 Å². The van der Waals surface area contributed by atoms with Crippen LogP contribution in [0.2, 0.25) is 0 Å². The van der Waals surface area contributed by atoms with Gasteiger partial charge in [0.25, 0.3) is 0 Å². The number of aliphatic hydroxyl groups is 1. The van der Waals surface area contributed by atoms with Gasteiger partial charge in [-0.3, -0.25) is 4.68 Å². The average molecular weight is 347 g/mol. The lowest BCUT2D eigenvalue weighted by Crippen LogP contribution is -2.12. The van der Waals surface area contributed by atoms with Crippen molar-refractivity contribution in [2.24, 2.45) is 0 Å². The normalized spacial score (nSPS) is 11.2. The predicted octanol–water partition coefficient (Wildman–Crippen LogP) is 2.27. The van der Waals surface area contributed by atoms with E-state index in [9.17, 15) is 13.9 Å². The number of hydrogen-bond donors (Lipinski definition) is 1. The molecule has 1 N–H and O–H groups in total. The predicted molar refractivity (Wildman–Crippen MR) is 87.9 cm³/mol. The standard InChI is InChI=1S/C17H19F2N5O/c1-11-9-12(2)23(21-11)6-5-16-20-17(22-24(16)7-8-25)13-3-4-14(18)15(19)10-13/h3-4,9-10,25H,5-8H2,1-2H3. The fraction of sp³-hybridized carbons (Fsp3) is 0.353. The van der Waals surface area contributed by atoms with Gasteiger partial charge < -0.3 is 5.11 Å². The Morgan fingerprint density at radius 2 is 1.80 bits per heavy atom. The molecule has 0 saturated carbocycles. The quantitative estimate of drug-likeness (QED) is 0.743. The molecule has 0 bridgehead atoms. The number of halogens is 2. The van der Waals surface area contributed by atoms with Crippen molar-refractivity contribution in [3.8, 4) is 11.4 Å². The summed E-state index contributed by atoms with van der Waals surface area (Å²) in [5.41, 5.74) is 2.38. The number of aromatic nitrogens is 5. The fourth-order valence-electron chi connectivity index (χ4n) is 2.70. The second-order valence-corrected chi connectivity index (χ2v) is 5.83. The van der Waals surface area contributed by atoms with Crippen LogP contribution in [0.1, 0.15) is 17.2 Å². The molecule has 132 valence electrons. The SMILES string of the molecule is Cc1cc(C)n(CCc2nc(-c3ccc(F)c(F)c3)nn2CCO)n1. The molecule has 0 spiro atoms. The molecule has 0 fully saturated rings. The van der Waals surface area contributed by atoms with Gasteiger partial charge in [0.2, 0.25) is 0 Å². The Hall–Kier alpha value is -2.61. The van der Waals surface area contributed by atoms with E-state index in [1.165, 1.54) is 6.07 Å². The first kappa shape index (κ1) is 17.2. The van der Waals surface area contributed by atoms with Crippen LogP contribution in [0.5, 0.6) is 0 Å². The fourth-order valence-corrected chi connectivity index (χ4v) is 2.70. The van der Waals surface area contributed by atoms with Crippen LogP contribution in [-0.4, -0.2) is 36.3 Å². The van der Waals surface area contributed by atoms with Gasteiger partial charge in [-0.1, -0.05) is 0 Å². The molecule has 25 heavy (non-hydrogen) atoms. The molecule has 3 aromatic rings. The summed E-state index contributed by atoms with van der Waals surface area (Å²) in [6, 6.07) is 5.54. The second kappa shape index (κ2) is 7.10. The molecule has 0 unspecified atom stereocenters. The van der Waals surface area contributed by atoms with Gasteiger partial charge in [-0.25, -0.2) is 18.4 Å². The third-order valence-corrected chi connectivity index (χ3v) is 3.89. The van der Waals surface area contributed by atoms with E-state index in [0.29, 0.717) is 30.2 Å². The number of nitrogens with zero attached hydrogens (tertiary/aromatic N) is 5. The number of hydrogen-bond acceptors (Lipinski definition) is 4. The Morgan fingerprint density at radius 3 is 2.44 bits per heavy atom. The van der Waals surface area contributed by atoms with Crippen molar-refractivity contribution in [1.29, 1.82) is 0 Å². The van der Waals surface area contributed by atoms with E-state index in [1.807, 2.05) is 24.6 Å². The van der Waals surface area contributed by atoms with Crippen LogP contribution in [0.4, 0.5) is 8.78 Å². The molecule has 2 aromatic heterocycles. The van der Waals surface area contributed by atoms with Gasteiger partial charge in [0.1, 0.15) is 5.82 Å². The summed E-state index contributed by atoms with van der Waals surface area (Å²) in [6.07, 6.45) is 0.554. The molecule has 0 aliphatic carbocycles. The summed E-state index contributed by atoms with van der Waals surface area (Å²) in [5, 5.41) is 17.9. The molecular weight excluding hydrogens is 328 g/mol. The molecule has 2 heterocycles. The Morgan fingerprint density at radius 1 is 1.00 bits per heavy atom. The lowest BCUT2D eigenvalue weighted by atomic mass is 10.2. The average Bonchev–Trinajstić information content (AvgIpc) is 3.11. The zero-order valence-corrected chi connectivity index (χ0v) is 14.1. The number of aliphatic hydroxyl groups excluding tert-OH is 1. The van der Waals surface area contributed by atoms with E-state index in [1.54, 1.807) is 4.68 Å². The highest BCUT2D eigenvalue weighted by atomic mass is 19.2. The smallest absolute Gasteiger partial charge is 0.181 e. The summed E-state index contributed by atoms with van der Waals surface area (Å²) in [7, 11) is 0. The van der Waals surface area contributed by atoms with Crippen molar-refractivity contribution >= 4 is 0 Å². The van der Waals surface area contributed by atoms with Gasteiger partial charge in [-0.15, -0.1) is 0 Å². The van der Waals surface area contributed by atoms with Crippen LogP contribution < -0.4 is 0 Å². The first-order valence-corrected chi connectivity index (χ1v) is 7.99. The number of rotatable bonds is 6. The minimum absolute atomic E-state index is 0.0898. The monoisotopic (exact) mass is 347 g/mol. The summed E-state index contributed by atoms with van der Waals surface area (Å²) >= 11 is 0. The Bertz CT molecular complexity index is 887. The highest BCUT2D eigenvalue weighted by molar-refractivity contribution is 5.54. The van der Waals surface area contributed by atoms with Crippen LogP contribution in [0.15, 0.2) is 24.3 Å². The van der Waals surface area contributed by atoms with Crippen LogP contribution in [0, 0.1) is 25.5 Å². The molecule has 6 nitrogen and oxygen atoms in total. The Balaban J connectivity index is 1.86. The Kier molecular flexibility index (Phi) is 4.89. The molecule has 0 aliphatic heterocycles. The maximum absolute atomic E-state index is 13.4. The maximum atomic E-state index is 13.4. The lowest BCUT2D eigenvalue weighted by molar-refractivity contribution is 0.266. The summed E-state index contributed by atoms with van der Waals surface area (Å²) in [4.78, 5) is 4.43. The van der Waals surface area contributed by atoms with Crippen LogP contribution in [-0.2, 0) is 19.5 Å². The van der Waals surface area contributed by atoms with Crippen molar-refractivity contribution in [3.05, 3.63) is 53.1 Å². The van der Waals surface area contributed by atoms with Crippen molar-refractivity contribution in [2.75, 3.05) is 6.61 Å². The van der Waals surface area contributed by atoms with Crippen LogP contribution in [0.25, 0.3) is 11.4 Å². The highest BCUT2D eigenvalue weighted by Crippen LogP contribution is 2.19. The summed E-state index contributed by atoms with van der Waals surface area (Å²) in [5.74, 6) is -0.902. The third kappa shape index (κ3) is 3.74. The first-order chi connectivity index (χ1) is 12.0. The molecular formula is C17H19F2N5O. The van der Waals surface area contributed by atoms with Crippen molar-refractivity contribution in [1.82, 2.24) is 24.5 Å². The van der Waals surface area contributed by atoms with Crippen LogP contribution >= 0.6 is 0 Å². The minimum Gasteiger partial charge on any atom is -0.394 e. The van der Waals surface area contributed by atoms with E-state index in [2.05, 4.69) is 15.2 Å². The van der Waals surface area contributed by atoms with E-state index in [4.69, 9.17) is 0 Å². The molecule has 0 amide bonds. The molecule has 0 saturated heterocycles. The number of benzene rings is 1.